The molecule has 1 heterocycles. The molecule has 0 atom stereocenters. The maximum absolute atomic E-state index is 4.61. The Bertz CT molecular complexity index is 472. The molecule has 0 bridgehead atoms. The molecule has 2 aromatic rings. The zero-order valence-corrected chi connectivity index (χ0v) is 11.0. The summed E-state index contributed by atoms with van der Waals surface area (Å²) >= 11 is 0. The molecule has 1 aromatic carbocycles. The Balaban J connectivity index is 0.000000606. The van der Waals surface area contributed by atoms with Gasteiger partial charge < -0.3 is 0 Å². The Labute approximate surface area is 98.5 Å². The maximum Gasteiger partial charge on any atom is 0.0708 e. The summed E-state index contributed by atoms with van der Waals surface area (Å²) < 4.78 is 0. The zero-order chi connectivity index (χ0) is 12.1. The van der Waals surface area contributed by atoms with E-state index in [0.717, 1.165) is 11.9 Å². The van der Waals surface area contributed by atoms with E-state index < -0.39 is 0 Å². The van der Waals surface area contributed by atoms with Crippen molar-refractivity contribution in [3.05, 3.63) is 41.1 Å². The van der Waals surface area contributed by atoms with Gasteiger partial charge in [-0.15, -0.1) is 0 Å². The van der Waals surface area contributed by atoms with Crippen LogP contribution in [-0.4, -0.2) is 4.98 Å². The minimum atomic E-state index is 1.06. The summed E-state index contributed by atoms with van der Waals surface area (Å²) in [6.45, 7) is 10.5. The summed E-state index contributed by atoms with van der Waals surface area (Å²) in [6, 6.07) is 8.34. The summed E-state index contributed by atoms with van der Waals surface area (Å²) in [5, 5.41) is 1.29. The van der Waals surface area contributed by atoms with Gasteiger partial charge in [-0.25, -0.2) is 0 Å². The highest BCUT2D eigenvalue weighted by molar-refractivity contribution is 5.83. The third kappa shape index (κ3) is 2.24. The second kappa shape index (κ2) is 5.64. The molecule has 0 amide bonds. The quantitative estimate of drug-likeness (QED) is 0.685. The first kappa shape index (κ1) is 12.7. The van der Waals surface area contributed by atoms with E-state index in [2.05, 4.69) is 44.0 Å². The fourth-order valence-electron chi connectivity index (χ4n) is 2.09. The van der Waals surface area contributed by atoms with Crippen molar-refractivity contribution in [2.45, 2.75) is 41.0 Å². The van der Waals surface area contributed by atoms with E-state index in [1.807, 2.05) is 19.9 Å². The SMILES string of the molecule is CC.CCc1c(C)nc2ccccc2c1C. The van der Waals surface area contributed by atoms with Gasteiger partial charge in [-0.2, -0.15) is 0 Å². The number of rotatable bonds is 1. The second-order valence-corrected chi connectivity index (χ2v) is 3.67. The van der Waals surface area contributed by atoms with Crippen LogP contribution in [0.3, 0.4) is 0 Å². The summed E-state index contributed by atoms with van der Waals surface area (Å²) in [5.74, 6) is 0. The van der Waals surface area contributed by atoms with Crippen LogP contribution >= 0.6 is 0 Å². The Morgan fingerprint density at radius 1 is 1.06 bits per heavy atom. The van der Waals surface area contributed by atoms with Crippen molar-refractivity contribution in [3.8, 4) is 0 Å². The molecule has 0 unspecified atom stereocenters. The van der Waals surface area contributed by atoms with Crippen molar-refractivity contribution >= 4 is 10.9 Å². The number of benzene rings is 1. The Kier molecular flexibility index (Phi) is 4.48. The Morgan fingerprint density at radius 3 is 2.31 bits per heavy atom. The van der Waals surface area contributed by atoms with Crippen LogP contribution in [0.15, 0.2) is 24.3 Å². The lowest BCUT2D eigenvalue weighted by Gasteiger charge is -2.10. The van der Waals surface area contributed by atoms with Gasteiger partial charge in [0.1, 0.15) is 0 Å². The standard InChI is InChI=1S/C13H15N.C2H6/c1-4-11-9(2)12-7-5-6-8-13(12)14-10(11)3;1-2/h5-8H,4H2,1-3H3;1-2H3. The number of para-hydroxylation sites is 1. The maximum atomic E-state index is 4.61. The molecule has 0 saturated heterocycles. The molecule has 0 N–H and O–H groups in total. The second-order valence-electron chi connectivity index (χ2n) is 3.67. The minimum Gasteiger partial charge on any atom is -0.253 e. The first-order chi connectivity index (χ1) is 7.74. The summed E-state index contributed by atoms with van der Waals surface area (Å²) in [4.78, 5) is 4.61. The predicted octanol–water partition coefficient (Wildman–Crippen LogP) is 4.44. The lowest BCUT2D eigenvalue weighted by atomic mass is 10.0. The summed E-state index contributed by atoms with van der Waals surface area (Å²) in [7, 11) is 0. The molecule has 1 aromatic heterocycles. The number of aryl methyl sites for hydroxylation is 2. The number of hydrogen-bond acceptors (Lipinski definition) is 1. The first-order valence-corrected chi connectivity index (χ1v) is 6.09. The van der Waals surface area contributed by atoms with Crippen LogP contribution in [0.5, 0.6) is 0 Å². The molecule has 0 aliphatic rings. The van der Waals surface area contributed by atoms with Crippen molar-refractivity contribution in [2.75, 3.05) is 0 Å². The molecule has 0 aliphatic heterocycles. The van der Waals surface area contributed by atoms with Gasteiger partial charge >= 0.3 is 0 Å². The van der Waals surface area contributed by atoms with E-state index in [1.165, 1.54) is 22.2 Å². The number of aromatic nitrogens is 1. The van der Waals surface area contributed by atoms with Crippen molar-refractivity contribution in [1.82, 2.24) is 4.98 Å². The van der Waals surface area contributed by atoms with E-state index in [0.29, 0.717) is 0 Å². The van der Waals surface area contributed by atoms with Crippen LogP contribution in [0.25, 0.3) is 10.9 Å². The number of nitrogens with zero attached hydrogens (tertiary/aromatic N) is 1. The minimum absolute atomic E-state index is 1.06. The molecular weight excluding hydrogens is 194 g/mol. The average Bonchev–Trinajstić information content (AvgIpc) is 2.32. The highest BCUT2D eigenvalue weighted by atomic mass is 14.7. The van der Waals surface area contributed by atoms with E-state index in [4.69, 9.17) is 0 Å². The topological polar surface area (TPSA) is 12.9 Å². The van der Waals surface area contributed by atoms with E-state index in [-0.39, 0.29) is 0 Å². The van der Waals surface area contributed by atoms with Gasteiger partial charge in [0.05, 0.1) is 5.52 Å². The van der Waals surface area contributed by atoms with Crippen LogP contribution < -0.4 is 0 Å². The van der Waals surface area contributed by atoms with Crippen molar-refractivity contribution in [1.29, 1.82) is 0 Å². The van der Waals surface area contributed by atoms with Gasteiger partial charge in [-0.3, -0.25) is 4.98 Å². The van der Waals surface area contributed by atoms with Gasteiger partial charge in [0, 0.05) is 11.1 Å². The molecule has 0 saturated carbocycles. The monoisotopic (exact) mass is 215 g/mol. The van der Waals surface area contributed by atoms with E-state index >= 15 is 0 Å². The molecule has 0 fully saturated rings. The normalized spacial score (nSPS) is 9.81. The lowest BCUT2D eigenvalue weighted by Crippen LogP contribution is -1.96. The van der Waals surface area contributed by atoms with Gasteiger partial charge in [0.15, 0.2) is 0 Å². The number of fused-ring (bicyclic) bond motifs is 1. The van der Waals surface area contributed by atoms with Crippen molar-refractivity contribution < 1.29 is 0 Å². The largest absolute Gasteiger partial charge is 0.253 e. The smallest absolute Gasteiger partial charge is 0.0708 e. The number of pyridine rings is 1. The number of hydrogen-bond donors (Lipinski definition) is 0. The van der Waals surface area contributed by atoms with Crippen LogP contribution in [0.4, 0.5) is 0 Å². The van der Waals surface area contributed by atoms with Crippen molar-refractivity contribution in [2.24, 2.45) is 0 Å². The molecule has 0 aliphatic carbocycles. The Hall–Kier alpha value is -1.37. The van der Waals surface area contributed by atoms with E-state index in [1.54, 1.807) is 0 Å². The molecular formula is C15H21N. The fourth-order valence-corrected chi connectivity index (χ4v) is 2.09. The Morgan fingerprint density at radius 2 is 1.69 bits per heavy atom. The first-order valence-electron chi connectivity index (χ1n) is 6.09. The molecule has 0 spiro atoms. The molecule has 1 heteroatoms. The third-order valence-electron chi connectivity index (χ3n) is 2.84. The highest BCUT2D eigenvalue weighted by Crippen LogP contribution is 2.22. The van der Waals surface area contributed by atoms with E-state index in [9.17, 15) is 0 Å². The third-order valence-corrected chi connectivity index (χ3v) is 2.84. The average molecular weight is 215 g/mol. The predicted molar refractivity (Wildman–Crippen MR) is 71.9 cm³/mol. The summed E-state index contributed by atoms with van der Waals surface area (Å²) in [5.41, 5.74) is 5.06. The molecule has 16 heavy (non-hydrogen) atoms. The highest BCUT2D eigenvalue weighted by Gasteiger charge is 2.06. The van der Waals surface area contributed by atoms with Crippen LogP contribution in [0.1, 0.15) is 37.6 Å². The molecule has 1 nitrogen and oxygen atoms in total. The van der Waals surface area contributed by atoms with Gasteiger partial charge in [-0.1, -0.05) is 39.0 Å². The summed E-state index contributed by atoms with van der Waals surface area (Å²) in [6.07, 6.45) is 1.06. The molecule has 0 radical (unpaired) electrons. The van der Waals surface area contributed by atoms with Gasteiger partial charge in [0.25, 0.3) is 0 Å². The molecule has 2 rings (SSSR count). The van der Waals surface area contributed by atoms with Crippen LogP contribution in [0.2, 0.25) is 0 Å². The molecule has 86 valence electrons. The van der Waals surface area contributed by atoms with Crippen LogP contribution in [-0.2, 0) is 6.42 Å². The van der Waals surface area contributed by atoms with Gasteiger partial charge in [0.2, 0.25) is 0 Å². The van der Waals surface area contributed by atoms with Crippen molar-refractivity contribution in [3.63, 3.8) is 0 Å². The lowest BCUT2D eigenvalue weighted by molar-refractivity contribution is 1.05. The van der Waals surface area contributed by atoms with Crippen LogP contribution in [0, 0.1) is 13.8 Å². The fraction of sp³-hybridized carbons (Fsp3) is 0.400. The van der Waals surface area contributed by atoms with Gasteiger partial charge in [-0.05, 0) is 37.5 Å². The zero-order valence-electron chi connectivity index (χ0n) is 11.0.